The number of aliphatic carboxylic acids is 1. The molecule has 1 aromatic rings. The fraction of sp³-hybridized carbons (Fsp3) is 0.286. The third kappa shape index (κ3) is 4.16. The molecule has 2 rings (SSSR count). The van der Waals surface area contributed by atoms with Crippen LogP contribution in [-0.4, -0.2) is 33.1 Å². The highest BCUT2D eigenvalue weighted by Crippen LogP contribution is 2.22. The molecule has 0 bridgehead atoms. The zero-order chi connectivity index (χ0) is 15.4. The van der Waals surface area contributed by atoms with Crippen LogP contribution in [0.15, 0.2) is 34.5 Å². The van der Waals surface area contributed by atoms with Gasteiger partial charge in [0.05, 0.1) is 12.1 Å². The maximum Gasteiger partial charge on any atom is 0.305 e. The smallest absolute Gasteiger partial charge is 0.305 e. The molecule has 1 saturated heterocycles. The molecule has 0 aromatic heterocycles. The number of hydrogen-bond donors (Lipinski definition) is 2. The molecular weight excluding hydrogens is 290 g/mol. The Kier molecular flexibility index (Phi) is 4.74. The normalized spacial score (nSPS) is 20.7. The molecule has 1 aromatic carbocycles. The van der Waals surface area contributed by atoms with E-state index in [4.69, 9.17) is 5.11 Å². The van der Waals surface area contributed by atoms with Crippen molar-refractivity contribution in [3.05, 3.63) is 35.4 Å². The summed E-state index contributed by atoms with van der Waals surface area (Å²) in [5.41, 5.74) is 2.83. The molecule has 7 heteroatoms. The SMILES string of the molecule is C/C(=N/N=C1\NC(=O)C(CC(=O)O)S1)c1ccc(C)cc1. The highest BCUT2D eigenvalue weighted by atomic mass is 32.2. The van der Waals surface area contributed by atoms with Crippen LogP contribution in [0.5, 0.6) is 0 Å². The van der Waals surface area contributed by atoms with Crippen LogP contribution in [0.2, 0.25) is 0 Å². The number of carbonyl (C=O) groups excluding carboxylic acids is 1. The van der Waals surface area contributed by atoms with Gasteiger partial charge in [-0.1, -0.05) is 41.6 Å². The van der Waals surface area contributed by atoms with Crippen LogP contribution in [0.1, 0.15) is 24.5 Å². The van der Waals surface area contributed by atoms with Crippen LogP contribution in [-0.2, 0) is 9.59 Å². The van der Waals surface area contributed by atoms with Gasteiger partial charge in [0.2, 0.25) is 5.91 Å². The van der Waals surface area contributed by atoms with Crippen molar-refractivity contribution in [1.82, 2.24) is 5.32 Å². The van der Waals surface area contributed by atoms with Gasteiger partial charge in [-0.15, -0.1) is 5.10 Å². The predicted octanol–water partition coefficient (Wildman–Crippen LogP) is 1.78. The van der Waals surface area contributed by atoms with Crippen LogP contribution in [0.4, 0.5) is 0 Å². The molecule has 1 heterocycles. The Morgan fingerprint density at radius 1 is 1.38 bits per heavy atom. The van der Waals surface area contributed by atoms with Crippen molar-refractivity contribution in [2.24, 2.45) is 10.2 Å². The number of rotatable bonds is 4. The fourth-order valence-electron chi connectivity index (χ4n) is 1.72. The quantitative estimate of drug-likeness (QED) is 0.655. The average molecular weight is 305 g/mol. The van der Waals surface area contributed by atoms with Gasteiger partial charge in [-0.25, -0.2) is 0 Å². The molecule has 0 radical (unpaired) electrons. The van der Waals surface area contributed by atoms with E-state index in [2.05, 4.69) is 15.5 Å². The van der Waals surface area contributed by atoms with E-state index >= 15 is 0 Å². The first kappa shape index (κ1) is 15.2. The van der Waals surface area contributed by atoms with E-state index in [1.165, 1.54) is 0 Å². The summed E-state index contributed by atoms with van der Waals surface area (Å²) in [6.07, 6.45) is -0.226. The van der Waals surface area contributed by atoms with Crippen LogP contribution >= 0.6 is 11.8 Å². The number of nitrogens with one attached hydrogen (secondary N) is 1. The van der Waals surface area contributed by atoms with Crippen molar-refractivity contribution in [2.75, 3.05) is 0 Å². The largest absolute Gasteiger partial charge is 0.481 e. The molecule has 0 spiro atoms. The van der Waals surface area contributed by atoms with Gasteiger partial charge in [0, 0.05) is 0 Å². The van der Waals surface area contributed by atoms with Crippen molar-refractivity contribution in [3.63, 3.8) is 0 Å². The Hall–Kier alpha value is -2.15. The summed E-state index contributed by atoms with van der Waals surface area (Å²) in [5, 5.41) is 19.0. The number of carboxylic acids is 1. The molecule has 1 fully saturated rings. The Bertz CT molecular complexity index is 623. The molecule has 1 unspecified atom stereocenters. The molecular formula is C14H15N3O3S. The minimum Gasteiger partial charge on any atom is -0.481 e. The maximum absolute atomic E-state index is 11.5. The molecule has 1 aliphatic heterocycles. The van der Waals surface area contributed by atoms with Gasteiger partial charge in [0.25, 0.3) is 0 Å². The summed E-state index contributed by atoms with van der Waals surface area (Å²) in [7, 11) is 0. The van der Waals surface area contributed by atoms with Crippen LogP contribution in [0, 0.1) is 6.92 Å². The third-order valence-electron chi connectivity index (χ3n) is 2.90. The van der Waals surface area contributed by atoms with Crippen molar-refractivity contribution >= 4 is 34.5 Å². The minimum atomic E-state index is -1.01. The lowest BCUT2D eigenvalue weighted by molar-refractivity contribution is -0.138. The maximum atomic E-state index is 11.5. The van der Waals surface area contributed by atoms with Crippen molar-refractivity contribution in [3.8, 4) is 0 Å². The van der Waals surface area contributed by atoms with E-state index < -0.39 is 11.2 Å². The first-order valence-corrected chi connectivity index (χ1v) is 7.22. The highest BCUT2D eigenvalue weighted by molar-refractivity contribution is 8.15. The molecule has 0 aliphatic carbocycles. The third-order valence-corrected chi connectivity index (χ3v) is 3.97. The van der Waals surface area contributed by atoms with Gasteiger partial charge < -0.3 is 10.4 Å². The van der Waals surface area contributed by atoms with Gasteiger partial charge in [0.15, 0.2) is 5.17 Å². The van der Waals surface area contributed by atoms with Crippen molar-refractivity contribution in [2.45, 2.75) is 25.5 Å². The van der Waals surface area contributed by atoms with E-state index in [1.807, 2.05) is 38.1 Å². The molecule has 1 atom stereocenters. The first-order valence-electron chi connectivity index (χ1n) is 6.34. The summed E-state index contributed by atoms with van der Waals surface area (Å²) in [5.74, 6) is -1.35. The molecule has 110 valence electrons. The lowest BCUT2D eigenvalue weighted by Crippen LogP contribution is -2.26. The number of thioether (sulfide) groups is 1. The van der Waals surface area contributed by atoms with E-state index in [9.17, 15) is 9.59 Å². The number of amidine groups is 1. The molecule has 0 saturated carbocycles. The molecule has 2 N–H and O–H groups in total. The fourth-order valence-corrected chi connectivity index (χ4v) is 2.63. The molecule has 1 aliphatic rings. The van der Waals surface area contributed by atoms with Gasteiger partial charge in [0.1, 0.15) is 5.25 Å². The number of aryl methyl sites for hydroxylation is 1. The zero-order valence-corrected chi connectivity index (χ0v) is 12.5. The second-order valence-electron chi connectivity index (χ2n) is 4.65. The van der Waals surface area contributed by atoms with E-state index in [0.29, 0.717) is 5.17 Å². The number of benzene rings is 1. The zero-order valence-electron chi connectivity index (χ0n) is 11.7. The van der Waals surface area contributed by atoms with Gasteiger partial charge in [-0.3, -0.25) is 9.59 Å². The van der Waals surface area contributed by atoms with Gasteiger partial charge >= 0.3 is 5.97 Å². The van der Waals surface area contributed by atoms with E-state index in [1.54, 1.807) is 0 Å². The Morgan fingerprint density at radius 3 is 2.67 bits per heavy atom. The Morgan fingerprint density at radius 2 is 2.05 bits per heavy atom. The molecule has 21 heavy (non-hydrogen) atoms. The summed E-state index contributed by atoms with van der Waals surface area (Å²) >= 11 is 1.09. The van der Waals surface area contributed by atoms with Crippen LogP contribution < -0.4 is 5.32 Å². The van der Waals surface area contributed by atoms with E-state index in [0.717, 1.165) is 28.6 Å². The number of nitrogens with zero attached hydrogens (tertiary/aromatic N) is 2. The highest BCUT2D eigenvalue weighted by Gasteiger charge is 2.32. The number of amides is 1. The van der Waals surface area contributed by atoms with Crippen molar-refractivity contribution in [1.29, 1.82) is 0 Å². The predicted molar refractivity (Wildman–Crippen MR) is 82.6 cm³/mol. The van der Waals surface area contributed by atoms with Crippen LogP contribution in [0.25, 0.3) is 0 Å². The summed E-state index contributed by atoms with van der Waals surface area (Å²) < 4.78 is 0. The van der Waals surface area contributed by atoms with E-state index in [-0.39, 0.29) is 12.3 Å². The van der Waals surface area contributed by atoms with Gasteiger partial charge in [-0.05, 0) is 19.4 Å². The average Bonchev–Trinajstić information content (AvgIpc) is 2.77. The summed E-state index contributed by atoms with van der Waals surface area (Å²) in [6, 6.07) is 7.86. The summed E-state index contributed by atoms with van der Waals surface area (Å²) in [4.78, 5) is 22.2. The monoisotopic (exact) mass is 305 g/mol. The Balaban J connectivity index is 2.07. The lowest BCUT2D eigenvalue weighted by atomic mass is 10.1. The van der Waals surface area contributed by atoms with Crippen LogP contribution in [0.3, 0.4) is 0 Å². The Labute approximate surface area is 126 Å². The minimum absolute atomic E-state index is 0.226. The number of hydrogen-bond acceptors (Lipinski definition) is 5. The van der Waals surface area contributed by atoms with Crippen molar-refractivity contribution < 1.29 is 14.7 Å². The summed E-state index contributed by atoms with van der Waals surface area (Å²) in [6.45, 7) is 3.83. The number of carbonyl (C=O) groups is 2. The topological polar surface area (TPSA) is 91.1 Å². The first-order chi connectivity index (χ1) is 9.95. The molecule has 1 amide bonds. The standard InChI is InChI=1S/C14H15N3O3S/c1-8-3-5-10(6-4-8)9(2)16-17-14-15-13(20)11(21-14)7-12(18)19/h3-6,11H,7H2,1-2H3,(H,18,19)(H,15,17,20)/b16-9-. The second-order valence-corrected chi connectivity index (χ2v) is 5.84. The second kappa shape index (κ2) is 6.53. The van der Waals surface area contributed by atoms with Gasteiger partial charge in [-0.2, -0.15) is 5.10 Å². The lowest BCUT2D eigenvalue weighted by Gasteiger charge is -1.99. The molecule has 6 nitrogen and oxygen atoms in total. The number of carboxylic acid groups (broad SMARTS) is 1.